The lowest BCUT2D eigenvalue weighted by Crippen LogP contribution is -2.44. The summed E-state index contributed by atoms with van der Waals surface area (Å²) >= 11 is 0. The summed E-state index contributed by atoms with van der Waals surface area (Å²) in [5.41, 5.74) is 3.04. The highest BCUT2D eigenvalue weighted by molar-refractivity contribution is 5.75. The van der Waals surface area contributed by atoms with Gasteiger partial charge in [0, 0.05) is 44.5 Å². The number of aromatic nitrogens is 3. The Morgan fingerprint density at radius 3 is 2.77 bits per heavy atom. The molecule has 1 fully saturated rings. The molecule has 0 radical (unpaired) electrons. The quantitative estimate of drug-likeness (QED) is 0.813. The number of pyridine rings is 1. The predicted octanol–water partition coefficient (Wildman–Crippen LogP) is 1.47. The van der Waals surface area contributed by atoms with E-state index in [1.54, 1.807) is 6.20 Å². The monoisotopic (exact) mass is 357 g/mol. The van der Waals surface area contributed by atoms with Gasteiger partial charge in [-0.15, -0.1) is 0 Å². The summed E-state index contributed by atoms with van der Waals surface area (Å²) in [7, 11) is 0. The van der Waals surface area contributed by atoms with Crippen molar-refractivity contribution in [3.05, 3.63) is 47.5 Å². The molecule has 1 atom stereocenters. The van der Waals surface area contributed by atoms with Gasteiger partial charge in [0.15, 0.2) is 0 Å². The second-order valence-corrected chi connectivity index (χ2v) is 6.62. The van der Waals surface area contributed by atoms with Gasteiger partial charge in [0.1, 0.15) is 0 Å². The van der Waals surface area contributed by atoms with Crippen LogP contribution >= 0.6 is 0 Å². The first-order valence-electron chi connectivity index (χ1n) is 9.14. The molecular formula is C19H27N5O2. The number of hydrogen-bond donors (Lipinski definition) is 1. The number of nitrogens with one attached hydrogen (secondary N) is 1. The minimum atomic E-state index is 0.0340. The van der Waals surface area contributed by atoms with Crippen LogP contribution in [0.15, 0.2) is 30.5 Å². The highest BCUT2D eigenvalue weighted by atomic mass is 16.5. The Bertz CT molecular complexity index is 710. The van der Waals surface area contributed by atoms with Gasteiger partial charge in [0.25, 0.3) is 0 Å². The van der Waals surface area contributed by atoms with E-state index in [4.69, 9.17) is 4.74 Å². The highest BCUT2D eigenvalue weighted by Gasteiger charge is 2.24. The van der Waals surface area contributed by atoms with E-state index in [0.29, 0.717) is 19.5 Å². The zero-order chi connectivity index (χ0) is 18.4. The van der Waals surface area contributed by atoms with E-state index in [0.717, 1.165) is 43.4 Å². The molecule has 0 aromatic carbocycles. The smallest absolute Gasteiger partial charge is 0.221 e. The molecule has 1 aliphatic heterocycles. The lowest BCUT2D eigenvalue weighted by molar-refractivity contribution is -0.121. The predicted molar refractivity (Wildman–Crippen MR) is 98.7 cm³/mol. The third kappa shape index (κ3) is 4.89. The Kier molecular flexibility index (Phi) is 6.35. The maximum atomic E-state index is 12.3. The zero-order valence-corrected chi connectivity index (χ0v) is 15.5. The van der Waals surface area contributed by atoms with Crippen molar-refractivity contribution in [3.63, 3.8) is 0 Å². The van der Waals surface area contributed by atoms with Crippen molar-refractivity contribution in [3.8, 4) is 0 Å². The number of carbonyl (C=O) groups excluding carboxylic acids is 1. The fraction of sp³-hybridized carbons (Fsp3) is 0.526. The first kappa shape index (κ1) is 18.5. The summed E-state index contributed by atoms with van der Waals surface area (Å²) in [6.45, 7) is 8.25. The molecule has 3 rings (SSSR count). The lowest BCUT2D eigenvalue weighted by Gasteiger charge is -2.34. The molecule has 0 saturated carbocycles. The molecule has 2 aromatic heterocycles. The number of amides is 1. The van der Waals surface area contributed by atoms with Gasteiger partial charge >= 0.3 is 0 Å². The normalized spacial score (nSPS) is 16.4. The number of hydrogen-bond acceptors (Lipinski definition) is 5. The Labute approximate surface area is 154 Å². The fourth-order valence-corrected chi connectivity index (χ4v) is 3.29. The average Bonchev–Trinajstić information content (AvgIpc) is 2.99. The molecule has 0 unspecified atom stereocenters. The van der Waals surface area contributed by atoms with Gasteiger partial charge in [-0.25, -0.2) is 0 Å². The van der Waals surface area contributed by atoms with Gasteiger partial charge in [-0.1, -0.05) is 6.07 Å². The van der Waals surface area contributed by atoms with Crippen LogP contribution in [0.3, 0.4) is 0 Å². The topological polar surface area (TPSA) is 72.3 Å². The maximum absolute atomic E-state index is 12.3. The molecule has 7 nitrogen and oxygen atoms in total. The lowest BCUT2D eigenvalue weighted by atomic mass is 10.1. The molecule has 1 aliphatic rings. The van der Waals surface area contributed by atoms with Gasteiger partial charge < -0.3 is 10.1 Å². The molecule has 1 amide bonds. The van der Waals surface area contributed by atoms with E-state index in [1.807, 2.05) is 42.8 Å². The molecule has 7 heteroatoms. The van der Waals surface area contributed by atoms with Crippen molar-refractivity contribution < 1.29 is 9.53 Å². The fourth-order valence-electron chi connectivity index (χ4n) is 3.29. The number of ether oxygens (including phenoxy) is 1. The Morgan fingerprint density at radius 1 is 1.31 bits per heavy atom. The Morgan fingerprint density at radius 2 is 2.12 bits per heavy atom. The standard InChI is InChI=1S/C19H27N5O2/c1-15-13-16(2)24(22-15)8-6-19(25)21-14-18(17-5-3-4-7-20-17)23-9-11-26-12-10-23/h3-5,7,13,18H,6,8-12,14H2,1-2H3,(H,21,25)/t18-/m0/s1. The second-order valence-electron chi connectivity index (χ2n) is 6.62. The summed E-state index contributed by atoms with van der Waals surface area (Å²) < 4.78 is 7.34. The third-order valence-corrected chi connectivity index (χ3v) is 4.66. The van der Waals surface area contributed by atoms with Crippen molar-refractivity contribution in [2.45, 2.75) is 32.9 Å². The SMILES string of the molecule is Cc1cc(C)n(CCC(=O)NC[C@@H](c2ccccn2)N2CCOCC2)n1. The van der Waals surface area contributed by atoms with Crippen LogP contribution in [0.4, 0.5) is 0 Å². The van der Waals surface area contributed by atoms with Gasteiger partial charge in [0.2, 0.25) is 5.91 Å². The minimum Gasteiger partial charge on any atom is -0.379 e. The van der Waals surface area contributed by atoms with Gasteiger partial charge in [-0.05, 0) is 32.0 Å². The minimum absolute atomic E-state index is 0.0340. The largest absolute Gasteiger partial charge is 0.379 e. The molecule has 0 spiro atoms. The van der Waals surface area contributed by atoms with E-state index in [1.165, 1.54) is 0 Å². The number of aryl methyl sites for hydroxylation is 3. The molecule has 0 aliphatic carbocycles. The summed E-state index contributed by atoms with van der Waals surface area (Å²) in [6, 6.07) is 8.00. The van der Waals surface area contributed by atoms with Crippen LogP contribution in [0, 0.1) is 13.8 Å². The Hall–Kier alpha value is -2.25. The van der Waals surface area contributed by atoms with E-state index >= 15 is 0 Å². The van der Waals surface area contributed by atoms with Gasteiger partial charge in [0.05, 0.1) is 30.6 Å². The molecule has 2 aromatic rings. The summed E-state index contributed by atoms with van der Waals surface area (Å²) in [6.07, 6.45) is 2.22. The van der Waals surface area contributed by atoms with Crippen molar-refractivity contribution in [1.29, 1.82) is 0 Å². The van der Waals surface area contributed by atoms with Crippen molar-refractivity contribution >= 4 is 5.91 Å². The van der Waals surface area contributed by atoms with Gasteiger partial charge in [-0.2, -0.15) is 5.10 Å². The number of nitrogens with zero attached hydrogens (tertiary/aromatic N) is 4. The average molecular weight is 357 g/mol. The van der Waals surface area contributed by atoms with Crippen molar-refractivity contribution in [2.24, 2.45) is 0 Å². The summed E-state index contributed by atoms with van der Waals surface area (Å²) in [4.78, 5) is 19.2. The van der Waals surface area contributed by atoms with E-state index in [-0.39, 0.29) is 11.9 Å². The maximum Gasteiger partial charge on any atom is 0.221 e. The Balaban J connectivity index is 1.56. The van der Waals surface area contributed by atoms with Crippen molar-refractivity contribution in [2.75, 3.05) is 32.8 Å². The second kappa shape index (κ2) is 8.91. The van der Waals surface area contributed by atoms with Crippen LogP contribution in [0.25, 0.3) is 0 Å². The first-order chi connectivity index (χ1) is 12.6. The molecule has 140 valence electrons. The zero-order valence-electron chi connectivity index (χ0n) is 15.5. The molecule has 26 heavy (non-hydrogen) atoms. The van der Waals surface area contributed by atoms with Crippen LogP contribution in [0.5, 0.6) is 0 Å². The van der Waals surface area contributed by atoms with E-state index in [2.05, 4.69) is 20.3 Å². The molecule has 3 heterocycles. The number of carbonyl (C=O) groups is 1. The van der Waals surface area contributed by atoms with E-state index < -0.39 is 0 Å². The molecule has 0 bridgehead atoms. The van der Waals surface area contributed by atoms with Crippen LogP contribution in [0.1, 0.15) is 29.5 Å². The highest BCUT2D eigenvalue weighted by Crippen LogP contribution is 2.19. The molecule has 1 N–H and O–H groups in total. The molecular weight excluding hydrogens is 330 g/mol. The summed E-state index contributed by atoms with van der Waals surface area (Å²) in [5, 5.41) is 7.48. The first-order valence-corrected chi connectivity index (χ1v) is 9.14. The number of rotatable bonds is 7. The summed E-state index contributed by atoms with van der Waals surface area (Å²) in [5.74, 6) is 0.0340. The van der Waals surface area contributed by atoms with Crippen molar-refractivity contribution in [1.82, 2.24) is 25.0 Å². The van der Waals surface area contributed by atoms with Crippen LogP contribution < -0.4 is 5.32 Å². The third-order valence-electron chi connectivity index (χ3n) is 4.66. The van der Waals surface area contributed by atoms with Crippen LogP contribution in [-0.4, -0.2) is 58.4 Å². The van der Waals surface area contributed by atoms with Crippen LogP contribution in [0.2, 0.25) is 0 Å². The van der Waals surface area contributed by atoms with E-state index in [9.17, 15) is 4.79 Å². The van der Waals surface area contributed by atoms with Gasteiger partial charge in [-0.3, -0.25) is 19.4 Å². The number of morpholine rings is 1. The van der Waals surface area contributed by atoms with Crippen LogP contribution in [-0.2, 0) is 16.1 Å². The molecule has 1 saturated heterocycles.